The van der Waals surface area contributed by atoms with Crippen molar-refractivity contribution < 1.29 is 19.1 Å². The van der Waals surface area contributed by atoms with E-state index in [-0.39, 0.29) is 11.7 Å². The van der Waals surface area contributed by atoms with Crippen molar-refractivity contribution in [3.63, 3.8) is 0 Å². The lowest BCUT2D eigenvalue weighted by Gasteiger charge is -2.19. The number of nitrogens with zero attached hydrogens (tertiary/aromatic N) is 1. The van der Waals surface area contributed by atoms with Crippen LogP contribution in [0.1, 0.15) is 24.2 Å². The number of carbonyl (C=O) groups excluding carboxylic acids is 2. The first-order valence-electron chi connectivity index (χ1n) is 6.48. The third-order valence-electron chi connectivity index (χ3n) is 3.10. The maximum absolute atomic E-state index is 12.5. The van der Waals surface area contributed by atoms with Gasteiger partial charge in [-0.1, -0.05) is 30.3 Å². The summed E-state index contributed by atoms with van der Waals surface area (Å²) in [4.78, 5) is 26.0. The van der Waals surface area contributed by atoms with Gasteiger partial charge in [0.1, 0.15) is 0 Å². The number of rotatable bonds is 3. The number of likely N-dealkylation sites (N-methyl/N-ethyl adjacent to an activating group) is 1. The van der Waals surface area contributed by atoms with E-state index in [1.165, 1.54) is 4.90 Å². The number of hydrogen-bond acceptors (Lipinski definition) is 4. The smallest absolute Gasteiger partial charge is 0.254 e. The van der Waals surface area contributed by atoms with Crippen LogP contribution < -0.4 is 0 Å². The second kappa shape index (κ2) is 5.34. The van der Waals surface area contributed by atoms with Gasteiger partial charge in [-0.05, 0) is 13.8 Å². The zero-order valence-corrected chi connectivity index (χ0v) is 12.1. The van der Waals surface area contributed by atoms with Crippen molar-refractivity contribution in [1.29, 1.82) is 0 Å². The third-order valence-corrected chi connectivity index (χ3v) is 3.10. The molecule has 0 bridgehead atoms. The average molecular weight is 277 g/mol. The largest absolute Gasteiger partial charge is 0.346 e. The van der Waals surface area contributed by atoms with Crippen molar-refractivity contribution in [1.82, 2.24) is 4.90 Å². The van der Waals surface area contributed by atoms with Crippen molar-refractivity contribution >= 4 is 11.7 Å². The fourth-order valence-corrected chi connectivity index (χ4v) is 2.15. The molecule has 1 aliphatic rings. The summed E-state index contributed by atoms with van der Waals surface area (Å²) in [5.41, 5.74) is 0.510. The molecular formula is C15H19NO4. The average Bonchev–Trinajstić information content (AvgIpc) is 2.74. The van der Waals surface area contributed by atoms with E-state index >= 15 is 0 Å². The number of ketones is 1. The number of carbonyl (C=O) groups is 2. The Labute approximate surface area is 118 Å². The molecule has 0 N–H and O–H groups in total. The van der Waals surface area contributed by atoms with Gasteiger partial charge in [0.05, 0.1) is 0 Å². The Bertz CT molecular complexity index is 510. The van der Waals surface area contributed by atoms with Crippen LogP contribution in [0, 0.1) is 0 Å². The van der Waals surface area contributed by atoms with Crippen LogP contribution in [0.4, 0.5) is 0 Å². The number of hydrogen-bond donors (Lipinski definition) is 0. The van der Waals surface area contributed by atoms with Gasteiger partial charge >= 0.3 is 0 Å². The van der Waals surface area contributed by atoms with Gasteiger partial charge in [0.2, 0.25) is 0 Å². The molecule has 0 aliphatic carbocycles. The van der Waals surface area contributed by atoms with Gasteiger partial charge in [-0.25, -0.2) is 0 Å². The fourth-order valence-electron chi connectivity index (χ4n) is 2.15. The molecule has 1 aromatic rings. The van der Waals surface area contributed by atoms with Crippen molar-refractivity contribution in [3.8, 4) is 0 Å². The van der Waals surface area contributed by atoms with Crippen molar-refractivity contribution in [2.45, 2.75) is 31.8 Å². The second-order valence-electron chi connectivity index (χ2n) is 5.44. The zero-order chi connectivity index (χ0) is 14.9. The Balaban J connectivity index is 2.28. The monoisotopic (exact) mass is 277 g/mol. The van der Waals surface area contributed by atoms with E-state index in [1.54, 1.807) is 52.2 Å². The molecule has 1 amide bonds. The molecule has 1 heterocycles. The molecule has 1 aromatic carbocycles. The Morgan fingerprint density at radius 3 is 2.15 bits per heavy atom. The summed E-state index contributed by atoms with van der Waals surface area (Å²) in [7, 11) is 3.25. The number of benzene rings is 1. The van der Waals surface area contributed by atoms with Crippen LogP contribution in [0.15, 0.2) is 30.3 Å². The maximum atomic E-state index is 12.5. The lowest BCUT2D eigenvalue weighted by molar-refractivity contribution is -0.159. The van der Waals surface area contributed by atoms with Gasteiger partial charge in [0.15, 0.2) is 23.8 Å². The van der Waals surface area contributed by atoms with Crippen LogP contribution in [0.3, 0.4) is 0 Å². The van der Waals surface area contributed by atoms with E-state index in [0.717, 1.165) is 0 Å². The zero-order valence-electron chi connectivity index (χ0n) is 12.1. The van der Waals surface area contributed by atoms with Crippen LogP contribution in [0.5, 0.6) is 0 Å². The minimum absolute atomic E-state index is 0.239. The molecule has 20 heavy (non-hydrogen) atoms. The summed E-state index contributed by atoms with van der Waals surface area (Å²) in [6.45, 7) is 3.39. The normalized spacial score (nSPS) is 24.4. The van der Waals surface area contributed by atoms with Crippen molar-refractivity contribution in [3.05, 3.63) is 35.9 Å². The molecule has 0 radical (unpaired) electrons. The fraction of sp³-hybridized carbons (Fsp3) is 0.467. The van der Waals surface area contributed by atoms with E-state index in [9.17, 15) is 9.59 Å². The molecule has 5 heteroatoms. The van der Waals surface area contributed by atoms with Crippen molar-refractivity contribution in [2.24, 2.45) is 0 Å². The first-order valence-corrected chi connectivity index (χ1v) is 6.48. The van der Waals surface area contributed by atoms with Crippen LogP contribution in [0.2, 0.25) is 0 Å². The molecule has 5 nitrogen and oxygen atoms in total. The summed E-state index contributed by atoms with van der Waals surface area (Å²) >= 11 is 0. The Kier molecular flexibility index (Phi) is 3.92. The Hall–Kier alpha value is -1.72. The highest BCUT2D eigenvalue weighted by Crippen LogP contribution is 2.31. The molecule has 0 unspecified atom stereocenters. The topological polar surface area (TPSA) is 55.8 Å². The lowest BCUT2D eigenvalue weighted by Crippen LogP contribution is -2.43. The summed E-state index contributed by atoms with van der Waals surface area (Å²) in [6.07, 6.45) is -1.82. The maximum Gasteiger partial charge on any atom is 0.254 e. The van der Waals surface area contributed by atoms with Gasteiger partial charge in [0, 0.05) is 19.7 Å². The number of Topliss-reactive ketones (excluding diaryl/α,β-unsaturated/α-hetero) is 1. The number of ether oxygens (including phenoxy) is 2. The van der Waals surface area contributed by atoms with Crippen LogP contribution >= 0.6 is 0 Å². The molecular weight excluding hydrogens is 258 g/mol. The molecule has 108 valence electrons. The molecule has 1 saturated heterocycles. The molecule has 1 aliphatic heterocycles. The second-order valence-corrected chi connectivity index (χ2v) is 5.44. The highest BCUT2D eigenvalue weighted by molar-refractivity contribution is 6.03. The van der Waals surface area contributed by atoms with Crippen LogP contribution in [0.25, 0.3) is 0 Å². The number of amides is 1. The lowest BCUT2D eigenvalue weighted by atomic mass is 10.0. The van der Waals surface area contributed by atoms with E-state index in [2.05, 4.69) is 0 Å². The van der Waals surface area contributed by atoms with Crippen LogP contribution in [-0.2, 0) is 14.3 Å². The first kappa shape index (κ1) is 14.7. The van der Waals surface area contributed by atoms with E-state index in [0.29, 0.717) is 5.56 Å². The SMILES string of the molecule is CN(C)C(=O)[C@@H]1OC(C)(C)O[C@H]1C(=O)c1ccccc1. The molecule has 2 atom stereocenters. The minimum atomic E-state index is -0.953. The van der Waals surface area contributed by atoms with Gasteiger partial charge in [0.25, 0.3) is 5.91 Å². The van der Waals surface area contributed by atoms with Gasteiger partial charge in [-0.15, -0.1) is 0 Å². The van der Waals surface area contributed by atoms with Gasteiger partial charge < -0.3 is 14.4 Å². The molecule has 1 fully saturated rings. The van der Waals surface area contributed by atoms with E-state index in [4.69, 9.17) is 9.47 Å². The van der Waals surface area contributed by atoms with Crippen LogP contribution in [-0.4, -0.2) is 48.7 Å². The standard InChI is InChI=1S/C15H19NO4/c1-15(2)19-12(13(20-15)14(18)16(3)4)11(17)10-8-6-5-7-9-10/h5-9,12-13H,1-4H3/t12-,13+/m0/s1. The van der Waals surface area contributed by atoms with Gasteiger partial charge in [-0.2, -0.15) is 0 Å². The van der Waals surface area contributed by atoms with Gasteiger partial charge in [-0.3, -0.25) is 9.59 Å². The van der Waals surface area contributed by atoms with Crippen molar-refractivity contribution in [2.75, 3.05) is 14.1 Å². The summed E-state index contributed by atoms with van der Waals surface area (Å²) in [6, 6.07) is 8.78. The Morgan fingerprint density at radius 1 is 1.05 bits per heavy atom. The predicted molar refractivity (Wildman–Crippen MR) is 73.3 cm³/mol. The summed E-state index contributed by atoms with van der Waals surface area (Å²) in [5.74, 6) is -1.47. The van der Waals surface area contributed by atoms with E-state index in [1.807, 2.05) is 6.07 Å². The summed E-state index contributed by atoms with van der Waals surface area (Å²) < 4.78 is 11.2. The predicted octanol–water partition coefficient (Wildman–Crippen LogP) is 1.48. The Morgan fingerprint density at radius 2 is 1.60 bits per heavy atom. The molecule has 2 rings (SSSR count). The first-order chi connectivity index (χ1) is 9.32. The van der Waals surface area contributed by atoms with E-state index < -0.39 is 18.0 Å². The molecule has 0 saturated carbocycles. The summed E-state index contributed by atoms with van der Waals surface area (Å²) in [5, 5.41) is 0. The quantitative estimate of drug-likeness (QED) is 0.785. The molecule has 0 spiro atoms. The third kappa shape index (κ3) is 2.89. The minimum Gasteiger partial charge on any atom is -0.346 e. The highest BCUT2D eigenvalue weighted by atomic mass is 16.8. The highest BCUT2D eigenvalue weighted by Gasteiger charge is 2.49. The molecule has 0 aromatic heterocycles.